The lowest BCUT2D eigenvalue weighted by atomic mass is 10.0. The van der Waals surface area contributed by atoms with Crippen molar-refractivity contribution < 1.29 is 9.32 Å². The number of benzene rings is 1. The molecule has 1 aromatic heterocycles. The number of para-hydroxylation sites is 1. The number of nitrogens with zero attached hydrogens (tertiary/aromatic N) is 1. The monoisotopic (exact) mass is 274 g/mol. The summed E-state index contributed by atoms with van der Waals surface area (Å²) < 4.78 is 6.18. The molecule has 1 heterocycles. The number of rotatable bonds is 3. The second-order valence-electron chi connectivity index (χ2n) is 5.03. The molecule has 1 aromatic carbocycles. The van der Waals surface area contributed by atoms with Crippen LogP contribution >= 0.6 is 0 Å². The van der Waals surface area contributed by atoms with Gasteiger partial charge in [-0.3, -0.25) is 4.79 Å². The van der Waals surface area contributed by atoms with Crippen LogP contribution in [0.4, 0.5) is 5.69 Å². The molecule has 1 amide bonds. The molecule has 5 nitrogen and oxygen atoms in total. The number of carbonyl (C=O) groups excluding carboxylic acids is 1. The van der Waals surface area contributed by atoms with E-state index in [1.807, 2.05) is 38.1 Å². The number of anilines is 1. The van der Waals surface area contributed by atoms with Crippen molar-refractivity contribution >= 4 is 11.6 Å². The third-order valence-corrected chi connectivity index (χ3v) is 3.32. The predicted octanol–water partition coefficient (Wildman–Crippen LogP) is 2.66. The molecule has 0 spiro atoms. The topological polar surface area (TPSA) is 64.2 Å². The van der Waals surface area contributed by atoms with E-state index in [0.29, 0.717) is 5.69 Å². The zero-order chi connectivity index (χ0) is 14.9. The highest BCUT2D eigenvalue weighted by atomic mass is 16.5. The molecule has 0 bridgehead atoms. The molecule has 1 N–H and O–H groups in total. The second-order valence-corrected chi connectivity index (χ2v) is 5.03. The molecular weight excluding hydrogens is 256 g/mol. The summed E-state index contributed by atoms with van der Waals surface area (Å²) >= 11 is 0. The van der Waals surface area contributed by atoms with Crippen LogP contribution in [0, 0.1) is 6.92 Å². The molecular formula is C15H18N2O3. The van der Waals surface area contributed by atoms with E-state index in [9.17, 15) is 9.59 Å². The first-order valence-electron chi connectivity index (χ1n) is 6.49. The van der Waals surface area contributed by atoms with Crippen LogP contribution in [0.2, 0.25) is 0 Å². The maximum atomic E-state index is 12.3. The van der Waals surface area contributed by atoms with E-state index >= 15 is 0 Å². The Hall–Kier alpha value is -2.30. The maximum Gasteiger partial charge on any atom is 0.370 e. The van der Waals surface area contributed by atoms with Crippen LogP contribution < -0.4 is 10.9 Å². The van der Waals surface area contributed by atoms with Gasteiger partial charge >= 0.3 is 5.63 Å². The summed E-state index contributed by atoms with van der Waals surface area (Å²) in [5, 5.41) is 2.79. The molecule has 0 saturated heterocycles. The third kappa shape index (κ3) is 2.52. The zero-order valence-corrected chi connectivity index (χ0v) is 12.1. The van der Waals surface area contributed by atoms with E-state index in [-0.39, 0.29) is 11.5 Å². The minimum atomic E-state index is -0.621. The number of hydrogen-bond acceptors (Lipinski definition) is 3. The molecule has 2 aromatic rings. The van der Waals surface area contributed by atoms with E-state index in [1.54, 1.807) is 14.0 Å². The highest BCUT2D eigenvalue weighted by molar-refractivity contribution is 6.05. The standard InChI is InChI=1S/C15H18N2O3/c1-9(2)11-7-5-6-8-12(11)16-14(18)13-10(3)17(4)20-15(13)19/h5-9H,1-4H3,(H,16,18). The van der Waals surface area contributed by atoms with Crippen molar-refractivity contribution in [2.45, 2.75) is 26.7 Å². The van der Waals surface area contributed by atoms with Crippen molar-refractivity contribution in [1.82, 2.24) is 4.74 Å². The predicted molar refractivity (Wildman–Crippen MR) is 77.2 cm³/mol. The zero-order valence-electron chi connectivity index (χ0n) is 12.1. The fourth-order valence-corrected chi connectivity index (χ4v) is 2.10. The molecule has 0 radical (unpaired) electrons. The van der Waals surface area contributed by atoms with Gasteiger partial charge in [0.1, 0.15) is 5.56 Å². The van der Waals surface area contributed by atoms with Gasteiger partial charge in [-0.25, -0.2) is 9.53 Å². The summed E-state index contributed by atoms with van der Waals surface area (Å²) in [4.78, 5) is 23.9. The molecule has 0 aliphatic heterocycles. The Balaban J connectivity index is 2.36. The van der Waals surface area contributed by atoms with Gasteiger partial charge in [-0.2, -0.15) is 0 Å². The summed E-state index contributed by atoms with van der Waals surface area (Å²) in [7, 11) is 1.59. The fourth-order valence-electron chi connectivity index (χ4n) is 2.10. The van der Waals surface area contributed by atoms with Crippen molar-refractivity contribution in [2.24, 2.45) is 7.05 Å². The Labute approximate surface area is 117 Å². The Morgan fingerprint density at radius 2 is 1.95 bits per heavy atom. The molecule has 0 aliphatic rings. The number of amides is 1. The first-order valence-corrected chi connectivity index (χ1v) is 6.49. The van der Waals surface area contributed by atoms with E-state index < -0.39 is 11.5 Å². The van der Waals surface area contributed by atoms with Crippen molar-refractivity contribution in [3.05, 3.63) is 51.5 Å². The molecule has 20 heavy (non-hydrogen) atoms. The molecule has 5 heteroatoms. The van der Waals surface area contributed by atoms with Crippen LogP contribution in [0.5, 0.6) is 0 Å². The average Bonchev–Trinajstić information content (AvgIpc) is 2.63. The minimum Gasteiger partial charge on any atom is -0.336 e. The normalized spacial score (nSPS) is 10.8. The highest BCUT2D eigenvalue weighted by Gasteiger charge is 2.20. The Morgan fingerprint density at radius 3 is 2.50 bits per heavy atom. The quantitative estimate of drug-likeness (QED) is 0.935. The van der Waals surface area contributed by atoms with Gasteiger partial charge < -0.3 is 9.84 Å². The van der Waals surface area contributed by atoms with Crippen LogP contribution in [0.3, 0.4) is 0 Å². The molecule has 0 atom stereocenters. The van der Waals surface area contributed by atoms with Crippen LogP contribution in [-0.2, 0) is 7.05 Å². The summed E-state index contributed by atoms with van der Waals surface area (Å²) in [5.41, 5.74) is 1.68. The van der Waals surface area contributed by atoms with Crippen molar-refractivity contribution in [1.29, 1.82) is 0 Å². The number of aromatic nitrogens is 1. The van der Waals surface area contributed by atoms with Crippen LogP contribution in [0.15, 0.2) is 33.6 Å². The first kappa shape index (κ1) is 14.1. The SMILES string of the molecule is Cc1c(C(=O)Nc2ccccc2C(C)C)c(=O)on1C. The molecule has 0 fully saturated rings. The van der Waals surface area contributed by atoms with Gasteiger partial charge in [0.2, 0.25) is 0 Å². The molecule has 0 saturated carbocycles. The molecule has 2 rings (SSSR count). The number of carbonyl (C=O) groups is 1. The number of aryl methyl sites for hydroxylation is 1. The van der Waals surface area contributed by atoms with Gasteiger partial charge in [-0.1, -0.05) is 32.0 Å². The largest absolute Gasteiger partial charge is 0.370 e. The molecule has 0 aliphatic carbocycles. The maximum absolute atomic E-state index is 12.3. The highest BCUT2D eigenvalue weighted by Crippen LogP contribution is 2.24. The lowest BCUT2D eigenvalue weighted by Gasteiger charge is -2.13. The summed E-state index contributed by atoms with van der Waals surface area (Å²) in [6.07, 6.45) is 0. The van der Waals surface area contributed by atoms with Gasteiger partial charge in [0, 0.05) is 12.7 Å². The summed E-state index contributed by atoms with van der Waals surface area (Å²) in [6.45, 7) is 5.77. The minimum absolute atomic E-state index is 0.0473. The van der Waals surface area contributed by atoms with Gasteiger partial charge in [-0.05, 0) is 24.5 Å². The van der Waals surface area contributed by atoms with Crippen LogP contribution in [0.1, 0.15) is 41.4 Å². The Morgan fingerprint density at radius 1 is 1.30 bits per heavy atom. The number of hydrogen-bond donors (Lipinski definition) is 1. The van der Waals surface area contributed by atoms with Crippen molar-refractivity contribution in [3.8, 4) is 0 Å². The first-order chi connectivity index (χ1) is 9.41. The van der Waals surface area contributed by atoms with E-state index in [1.165, 1.54) is 4.74 Å². The Kier molecular flexibility index (Phi) is 3.79. The number of nitrogens with one attached hydrogen (secondary N) is 1. The smallest absolute Gasteiger partial charge is 0.336 e. The summed E-state index contributed by atoms with van der Waals surface area (Å²) in [6, 6.07) is 7.56. The Bertz CT molecular complexity index is 695. The lowest BCUT2D eigenvalue weighted by molar-refractivity contribution is 0.102. The van der Waals surface area contributed by atoms with Crippen molar-refractivity contribution in [3.63, 3.8) is 0 Å². The summed E-state index contributed by atoms with van der Waals surface area (Å²) in [5.74, 6) is -0.162. The van der Waals surface area contributed by atoms with Gasteiger partial charge in [0.15, 0.2) is 0 Å². The lowest BCUT2D eigenvalue weighted by Crippen LogP contribution is -2.20. The molecule has 106 valence electrons. The van der Waals surface area contributed by atoms with E-state index in [0.717, 1.165) is 11.3 Å². The fraction of sp³-hybridized carbons (Fsp3) is 0.333. The van der Waals surface area contributed by atoms with E-state index in [2.05, 4.69) is 5.32 Å². The third-order valence-electron chi connectivity index (χ3n) is 3.32. The average molecular weight is 274 g/mol. The van der Waals surface area contributed by atoms with Gasteiger partial charge in [0.25, 0.3) is 5.91 Å². The molecule has 0 unspecified atom stereocenters. The van der Waals surface area contributed by atoms with Gasteiger partial charge in [0.05, 0.1) is 5.69 Å². The van der Waals surface area contributed by atoms with Crippen LogP contribution in [0.25, 0.3) is 0 Å². The van der Waals surface area contributed by atoms with Crippen LogP contribution in [-0.4, -0.2) is 10.6 Å². The second kappa shape index (κ2) is 5.36. The van der Waals surface area contributed by atoms with E-state index in [4.69, 9.17) is 4.52 Å². The van der Waals surface area contributed by atoms with Crippen molar-refractivity contribution in [2.75, 3.05) is 5.32 Å². The van der Waals surface area contributed by atoms with Gasteiger partial charge in [-0.15, -0.1) is 0 Å².